The molecule has 2 aromatic rings. The number of halogens is 1. The Morgan fingerprint density at radius 3 is 2.96 bits per heavy atom. The highest BCUT2D eigenvalue weighted by molar-refractivity contribution is 7.98. The number of carbonyl (C=O) groups is 1. The fourth-order valence-electron chi connectivity index (χ4n) is 2.62. The van der Waals surface area contributed by atoms with Gasteiger partial charge in [0.15, 0.2) is 5.82 Å². The SMILES string of the molecule is CSCCC(=O)NCC1Cc2cc(Cl)cc(-c3ncccn3)c2O1. The van der Waals surface area contributed by atoms with Crippen LogP contribution in [0, 0.1) is 0 Å². The van der Waals surface area contributed by atoms with Crippen molar-refractivity contribution in [3.05, 3.63) is 41.2 Å². The molecule has 1 N–H and O–H groups in total. The van der Waals surface area contributed by atoms with E-state index in [1.165, 1.54) is 0 Å². The third-order valence-electron chi connectivity index (χ3n) is 3.73. The number of carbonyl (C=O) groups excluding carboxylic acids is 1. The first-order chi connectivity index (χ1) is 11.7. The summed E-state index contributed by atoms with van der Waals surface area (Å²) in [4.78, 5) is 20.3. The lowest BCUT2D eigenvalue weighted by molar-refractivity contribution is -0.121. The van der Waals surface area contributed by atoms with Crippen LogP contribution in [-0.2, 0) is 11.2 Å². The van der Waals surface area contributed by atoms with Crippen molar-refractivity contribution in [1.82, 2.24) is 15.3 Å². The van der Waals surface area contributed by atoms with E-state index in [1.807, 2.05) is 18.4 Å². The molecule has 0 bridgehead atoms. The molecule has 1 aromatic heterocycles. The number of nitrogens with zero attached hydrogens (tertiary/aromatic N) is 2. The quantitative estimate of drug-likeness (QED) is 0.854. The minimum atomic E-state index is -0.0980. The highest BCUT2D eigenvalue weighted by Gasteiger charge is 2.27. The number of rotatable bonds is 6. The summed E-state index contributed by atoms with van der Waals surface area (Å²) in [5.74, 6) is 2.21. The van der Waals surface area contributed by atoms with Crippen molar-refractivity contribution in [3.63, 3.8) is 0 Å². The molecule has 3 rings (SSSR count). The topological polar surface area (TPSA) is 64.1 Å². The number of thioether (sulfide) groups is 1. The van der Waals surface area contributed by atoms with E-state index in [-0.39, 0.29) is 12.0 Å². The zero-order valence-corrected chi connectivity index (χ0v) is 14.9. The van der Waals surface area contributed by atoms with Gasteiger partial charge >= 0.3 is 0 Å². The van der Waals surface area contributed by atoms with Crippen LogP contribution in [0.2, 0.25) is 5.02 Å². The summed E-state index contributed by atoms with van der Waals surface area (Å²) >= 11 is 7.89. The summed E-state index contributed by atoms with van der Waals surface area (Å²) in [6.07, 6.45) is 6.50. The van der Waals surface area contributed by atoms with Gasteiger partial charge in [0, 0.05) is 41.6 Å². The summed E-state index contributed by atoms with van der Waals surface area (Å²) in [5, 5.41) is 3.56. The van der Waals surface area contributed by atoms with Crippen molar-refractivity contribution >= 4 is 29.3 Å². The van der Waals surface area contributed by atoms with Crippen molar-refractivity contribution in [2.75, 3.05) is 18.6 Å². The first kappa shape index (κ1) is 17.0. The molecule has 1 aromatic carbocycles. The van der Waals surface area contributed by atoms with Gasteiger partial charge in [-0.3, -0.25) is 4.79 Å². The van der Waals surface area contributed by atoms with Crippen molar-refractivity contribution in [3.8, 4) is 17.1 Å². The highest BCUT2D eigenvalue weighted by atomic mass is 35.5. The average Bonchev–Trinajstić information content (AvgIpc) is 3.00. The number of fused-ring (bicyclic) bond motifs is 1. The fourth-order valence-corrected chi connectivity index (χ4v) is 3.25. The predicted molar refractivity (Wildman–Crippen MR) is 96.6 cm³/mol. The summed E-state index contributed by atoms with van der Waals surface area (Å²) in [7, 11) is 0. The molecule has 0 saturated carbocycles. The predicted octanol–water partition coefficient (Wildman–Crippen LogP) is 2.97. The molecule has 1 amide bonds. The number of aromatic nitrogens is 2. The number of ether oxygens (including phenoxy) is 1. The first-order valence-corrected chi connectivity index (χ1v) is 9.46. The van der Waals surface area contributed by atoms with Gasteiger partial charge in [-0.1, -0.05) is 11.6 Å². The monoisotopic (exact) mass is 363 g/mol. The van der Waals surface area contributed by atoms with E-state index in [0.29, 0.717) is 30.2 Å². The lowest BCUT2D eigenvalue weighted by Crippen LogP contribution is -2.34. The molecule has 2 heterocycles. The molecule has 0 aliphatic carbocycles. The van der Waals surface area contributed by atoms with Crippen LogP contribution in [0.4, 0.5) is 0 Å². The van der Waals surface area contributed by atoms with Crippen molar-refractivity contribution in [1.29, 1.82) is 0 Å². The van der Waals surface area contributed by atoms with Gasteiger partial charge in [-0.15, -0.1) is 0 Å². The van der Waals surface area contributed by atoms with E-state index in [2.05, 4.69) is 15.3 Å². The Bertz CT molecular complexity index is 727. The molecule has 24 heavy (non-hydrogen) atoms. The summed E-state index contributed by atoms with van der Waals surface area (Å²) < 4.78 is 6.04. The van der Waals surface area contributed by atoms with Crippen molar-refractivity contribution in [2.45, 2.75) is 18.9 Å². The minimum absolute atomic E-state index is 0.0496. The second kappa shape index (κ2) is 7.85. The van der Waals surface area contributed by atoms with Crippen molar-refractivity contribution < 1.29 is 9.53 Å². The van der Waals surface area contributed by atoms with Gasteiger partial charge in [0.05, 0.1) is 12.1 Å². The third kappa shape index (κ3) is 3.99. The minimum Gasteiger partial charge on any atom is -0.487 e. The third-order valence-corrected chi connectivity index (χ3v) is 4.56. The number of hydrogen-bond donors (Lipinski definition) is 1. The zero-order valence-electron chi connectivity index (χ0n) is 13.3. The van der Waals surface area contributed by atoms with Crippen LogP contribution in [0.25, 0.3) is 11.4 Å². The average molecular weight is 364 g/mol. The molecule has 5 nitrogen and oxygen atoms in total. The largest absolute Gasteiger partial charge is 0.487 e. The molecule has 0 saturated heterocycles. The maximum absolute atomic E-state index is 11.8. The Labute approximate surface area is 150 Å². The second-order valence-electron chi connectivity index (χ2n) is 5.50. The van der Waals surface area contributed by atoms with Crippen LogP contribution in [0.5, 0.6) is 5.75 Å². The zero-order chi connectivity index (χ0) is 16.9. The lowest BCUT2D eigenvalue weighted by Gasteiger charge is -2.13. The molecule has 0 fully saturated rings. The summed E-state index contributed by atoms with van der Waals surface area (Å²) in [6.45, 7) is 0.481. The fraction of sp³-hybridized carbons (Fsp3) is 0.353. The molecule has 1 atom stereocenters. The van der Waals surface area contributed by atoms with Crippen LogP contribution in [0.15, 0.2) is 30.6 Å². The van der Waals surface area contributed by atoms with E-state index in [4.69, 9.17) is 16.3 Å². The molecule has 0 spiro atoms. The Morgan fingerprint density at radius 1 is 1.42 bits per heavy atom. The van der Waals surface area contributed by atoms with Crippen LogP contribution in [0.3, 0.4) is 0 Å². The van der Waals surface area contributed by atoms with Crippen LogP contribution in [-0.4, -0.2) is 40.5 Å². The van der Waals surface area contributed by atoms with Crippen LogP contribution >= 0.6 is 23.4 Å². The molecule has 1 aliphatic heterocycles. The molecular formula is C17H18ClN3O2S. The van der Waals surface area contributed by atoms with Gasteiger partial charge in [-0.25, -0.2) is 9.97 Å². The summed E-state index contributed by atoms with van der Waals surface area (Å²) in [5.41, 5.74) is 1.81. The van der Waals surface area contributed by atoms with Crippen LogP contribution < -0.4 is 10.1 Å². The number of hydrogen-bond acceptors (Lipinski definition) is 5. The Kier molecular flexibility index (Phi) is 5.58. The smallest absolute Gasteiger partial charge is 0.220 e. The number of amides is 1. The van der Waals surface area contributed by atoms with Gasteiger partial charge in [0.25, 0.3) is 0 Å². The van der Waals surface area contributed by atoms with Gasteiger partial charge in [0.1, 0.15) is 11.9 Å². The maximum Gasteiger partial charge on any atom is 0.220 e. The van der Waals surface area contributed by atoms with E-state index in [1.54, 1.807) is 30.2 Å². The first-order valence-electron chi connectivity index (χ1n) is 7.69. The summed E-state index contributed by atoms with van der Waals surface area (Å²) in [6, 6.07) is 5.48. The van der Waals surface area contributed by atoms with Gasteiger partial charge in [-0.2, -0.15) is 11.8 Å². The van der Waals surface area contributed by atoms with E-state index in [0.717, 1.165) is 22.6 Å². The number of benzene rings is 1. The second-order valence-corrected chi connectivity index (χ2v) is 6.93. The number of nitrogens with one attached hydrogen (secondary N) is 1. The highest BCUT2D eigenvalue weighted by Crippen LogP contribution is 2.39. The van der Waals surface area contributed by atoms with Gasteiger partial charge in [-0.05, 0) is 24.5 Å². The maximum atomic E-state index is 11.8. The van der Waals surface area contributed by atoms with E-state index in [9.17, 15) is 4.79 Å². The van der Waals surface area contributed by atoms with Gasteiger partial charge < -0.3 is 10.1 Å². The Balaban J connectivity index is 1.72. The molecule has 0 radical (unpaired) electrons. The lowest BCUT2D eigenvalue weighted by atomic mass is 10.1. The molecular weight excluding hydrogens is 346 g/mol. The Morgan fingerprint density at radius 2 is 2.21 bits per heavy atom. The van der Waals surface area contributed by atoms with E-state index < -0.39 is 0 Å². The molecule has 1 unspecified atom stereocenters. The van der Waals surface area contributed by atoms with Crippen LogP contribution in [0.1, 0.15) is 12.0 Å². The standard InChI is InChI=1S/C17H18ClN3O2S/c1-24-6-3-15(22)21-10-13-8-11-7-12(18)9-14(16(11)23-13)17-19-4-2-5-20-17/h2,4-5,7,9,13H,3,6,8,10H2,1H3,(H,21,22). The molecule has 7 heteroatoms. The Hall–Kier alpha value is -1.79. The van der Waals surface area contributed by atoms with Crippen molar-refractivity contribution in [2.24, 2.45) is 0 Å². The molecule has 126 valence electrons. The van der Waals surface area contributed by atoms with E-state index >= 15 is 0 Å². The normalized spacial score (nSPS) is 15.7. The molecule has 1 aliphatic rings. The van der Waals surface area contributed by atoms with Gasteiger partial charge in [0.2, 0.25) is 5.91 Å².